The van der Waals surface area contributed by atoms with Crippen LogP contribution in [0.1, 0.15) is 50.1 Å². The minimum Gasteiger partial charge on any atom is -0.375 e. The minimum atomic E-state index is 0.354. The summed E-state index contributed by atoms with van der Waals surface area (Å²) in [5.41, 5.74) is 1.28. The molecule has 0 bridgehead atoms. The Morgan fingerprint density at radius 1 is 1.50 bits per heavy atom. The lowest BCUT2D eigenvalue weighted by atomic mass is 10.0. The summed E-state index contributed by atoms with van der Waals surface area (Å²) < 4.78 is 5.75. The van der Waals surface area contributed by atoms with Crippen molar-refractivity contribution < 1.29 is 4.74 Å². The molecule has 4 nitrogen and oxygen atoms in total. The van der Waals surface area contributed by atoms with E-state index in [1.54, 1.807) is 0 Å². The molecule has 1 aromatic rings. The molecular weight excluding hydrogens is 270 g/mol. The van der Waals surface area contributed by atoms with E-state index in [9.17, 15) is 0 Å². The zero-order valence-corrected chi connectivity index (χ0v) is 13.9. The number of ether oxygens (including phenoxy) is 1. The predicted molar refractivity (Wildman–Crippen MR) is 85.8 cm³/mol. The lowest BCUT2D eigenvalue weighted by Crippen LogP contribution is -2.42. The highest BCUT2D eigenvalue weighted by Gasteiger charge is 2.24. The molecule has 1 N–H and O–H groups in total. The molecule has 20 heavy (non-hydrogen) atoms. The van der Waals surface area contributed by atoms with E-state index in [1.165, 1.54) is 15.7 Å². The Labute approximate surface area is 126 Å². The summed E-state index contributed by atoms with van der Waals surface area (Å²) in [6.07, 6.45) is 2.57. The first-order valence-electron chi connectivity index (χ1n) is 7.70. The Hall–Kier alpha value is -0.650. The van der Waals surface area contributed by atoms with Crippen molar-refractivity contribution in [2.75, 3.05) is 31.6 Å². The molecule has 1 saturated heterocycles. The number of morpholine rings is 1. The van der Waals surface area contributed by atoms with E-state index in [-0.39, 0.29) is 0 Å². The Morgan fingerprint density at radius 2 is 2.30 bits per heavy atom. The lowest BCUT2D eigenvalue weighted by molar-refractivity contribution is 0.0384. The van der Waals surface area contributed by atoms with E-state index in [0.29, 0.717) is 12.0 Å². The second kappa shape index (κ2) is 7.38. The Morgan fingerprint density at radius 3 is 2.95 bits per heavy atom. The van der Waals surface area contributed by atoms with Gasteiger partial charge >= 0.3 is 0 Å². The number of aromatic nitrogens is 1. The molecule has 2 rings (SSSR count). The van der Waals surface area contributed by atoms with Gasteiger partial charge in [0.1, 0.15) is 0 Å². The van der Waals surface area contributed by atoms with Crippen molar-refractivity contribution in [1.29, 1.82) is 0 Å². The zero-order valence-electron chi connectivity index (χ0n) is 13.1. The molecule has 1 aromatic heterocycles. The molecule has 0 aliphatic carbocycles. The molecule has 1 fully saturated rings. The van der Waals surface area contributed by atoms with Gasteiger partial charge in [0.05, 0.1) is 18.4 Å². The van der Waals surface area contributed by atoms with Crippen molar-refractivity contribution >= 4 is 16.5 Å². The summed E-state index contributed by atoms with van der Waals surface area (Å²) in [6, 6.07) is 0. The fraction of sp³-hybridized carbons (Fsp3) is 0.800. The third kappa shape index (κ3) is 3.51. The second-order valence-electron chi connectivity index (χ2n) is 5.49. The maximum atomic E-state index is 5.75. The summed E-state index contributed by atoms with van der Waals surface area (Å²) in [4.78, 5) is 8.72. The van der Waals surface area contributed by atoms with Crippen molar-refractivity contribution in [3.8, 4) is 0 Å². The SMILES string of the molecule is CCC1CN(c2nc(C(C)CC)c(CNC)s2)CCO1. The molecule has 2 atom stereocenters. The van der Waals surface area contributed by atoms with Gasteiger partial charge in [0, 0.05) is 24.5 Å². The molecule has 1 aliphatic heterocycles. The second-order valence-corrected chi connectivity index (χ2v) is 6.55. The standard InChI is InChI=1S/C15H27N3OS/c1-5-11(3)14-13(9-16-4)20-15(17-14)18-7-8-19-12(6-2)10-18/h11-12,16H,5-10H2,1-4H3. The molecule has 0 aromatic carbocycles. The largest absolute Gasteiger partial charge is 0.375 e. The molecule has 0 amide bonds. The first-order chi connectivity index (χ1) is 9.69. The summed E-state index contributed by atoms with van der Waals surface area (Å²) in [6.45, 7) is 10.4. The van der Waals surface area contributed by atoms with Gasteiger partial charge in [0.25, 0.3) is 0 Å². The summed E-state index contributed by atoms with van der Waals surface area (Å²) >= 11 is 1.84. The maximum absolute atomic E-state index is 5.75. The average Bonchev–Trinajstić information content (AvgIpc) is 2.91. The van der Waals surface area contributed by atoms with Crippen molar-refractivity contribution in [3.63, 3.8) is 0 Å². The van der Waals surface area contributed by atoms with Crippen LogP contribution in [-0.2, 0) is 11.3 Å². The predicted octanol–water partition coefficient (Wildman–Crippen LogP) is 2.99. The van der Waals surface area contributed by atoms with Crippen LogP contribution < -0.4 is 10.2 Å². The number of hydrogen-bond donors (Lipinski definition) is 1. The third-order valence-corrected chi connectivity index (χ3v) is 5.13. The van der Waals surface area contributed by atoms with Crippen molar-refractivity contribution in [1.82, 2.24) is 10.3 Å². The number of rotatable bonds is 6. The van der Waals surface area contributed by atoms with Crippen LogP contribution in [0.15, 0.2) is 0 Å². The van der Waals surface area contributed by atoms with Crippen LogP contribution in [0.3, 0.4) is 0 Å². The Bertz CT molecular complexity index is 421. The molecule has 114 valence electrons. The molecule has 2 heterocycles. The van der Waals surface area contributed by atoms with Gasteiger partial charge in [-0.2, -0.15) is 0 Å². The third-order valence-electron chi connectivity index (χ3n) is 4.00. The van der Waals surface area contributed by atoms with Gasteiger partial charge in [-0.25, -0.2) is 4.98 Å². The van der Waals surface area contributed by atoms with Crippen LogP contribution in [-0.4, -0.2) is 37.8 Å². The van der Waals surface area contributed by atoms with E-state index in [1.807, 2.05) is 18.4 Å². The van der Waals surface area contributed by atoms with E-state index in [0.717, 1.165) is 39.1 Å². The number of hydrogen-bond acceptors (Lipinski definition) is 5. The van der Waals surface area contributed by atoms with Crippen LogP contribution in [0.25, 0.3) is 0 Å². The van der Waals surface area contributed by atoms with Gasteiger partial charge in [-0.3, -0.25) is 0 Å². The van der Waals surface area contributed by atoms with E-state index < -0.39 is 0 Å². The highest BCUT2D eigenvalue weighted by atomic mass is 32.1. The highest BCUT2D eigenvalue weighted by Crippen LogP contribution is 2.33. The first-order valence-corrected chi connectivity index (χ1v) is 8.51. The van der Waals surface area contributed by atoms with Crippen LogP contribution in [0.5, 0.6) is 0 Å². The molecule has 2 unspecified atom stereocenters. The molecule has 1 aliphatic rings. The monoisotopic (exact) mass is 297 g/mol. The summed E-state index contributed by atoms with van der Waals surface area (Å²) in [5, 5.41) is 4.44. The number of nitrogens with one attached hydrogen (secondary N) is 1. The number of thiazole rings is 1. The van der Waals surface area contributed by atoms with Gasteiger partial charge in [-0.1, -0.05) is 20.8 Å². The number of anilines is 1. The van der Waals surface area contributed by atoms with Gasteiger partial charge < -0.3 is 15.0 Å². The van der Waals surface area contributed by atoms with Gasteiger partial charge in [-0.15, -0.1) is 11.3 Å². The average molecular weight is 297 g/mol. The van der Waals surface area contributed by atoms with Gasteiger partial charge in [0.2, 0.25) is 0 Å². The van der Waals surface area contributed by atoms with E-state index in [2.05, 4.69) is 31.0 Å². The fourth-order valence-electron chi connectivity index (χ4n) is 2.49. The van der Waals surface area contributed by atoms with Crippen LogP contribution in [0, 0.1) is 0 Å². The first kappa shape index (κ1) is 15.7. The molecular formula is C15H27N3OS. The van der Waals surface area contributed by atoms with E-state index >= 15 is 0 Å². The number of nitrogens with zero attached hydrogens (tertiary/aromatic N) is 2. The molecule has 0 radical (unpaired) electrons. The smallest absolute Gasteiger partial charge is 0.186 e. The van der Waals surface area contributed by atoms with Crippen LogP contribution in [0.2, 0.25) is 0 Å². The lowest BCUT2D eigenvalue weighted by Gasteiger charge is -2.32. The minimum absolute atomic E-state index is 0.354. The zero-order chi connectivity index (χ0) is 14.5. The molecule has 0 saturated carbocycles. The van der Waals surface area contributed by atoms with Crippen LogP contribution >= 0.6 is 11.3 Å². The maximum Gasteiger partial charge on any atom is 0.186 e. The summed E-state index contributed by atoms with van der Waals surface area (Å²) in [5.74, 6) is 0.534. The van der Waals surface area contributed by atoms with Gasteiger partial charge in [0.15, 0.2) is 5.13 Å². The Kier molecular flexibility index (Phi) is 5.81. The topological polar surface area (TPSA) is 37.4 Å². The molecule has 5 heteroatoms. The highest BCUT2D eigenvalue weighted by molar-refractivity contribution is 7.15. The van der Waals surface area contributed by atoms with Crippen molar-refractivity contribution in [2.45, 2.75) is 52.2 Å². The Balaban J connectivity index is 2.19. The fourth-order valence-corrected chi connectivity index (χ4v) is 3.72. The van der Waals surface area contributed by atoms with Gasteiger partial charge in [-0.05, 0) is 25.8 Å². The van der Waals surface area contributed by atoms with Crippen molar-refractivity contribution in [3.05, 3.63) is 10.6 Å². The van der Waals surface area contributed by atoms with Crippen LogP contribution in [0.4, 0.5) is 5.13 Å². The molecule has 0 spiro atoms. The normalized spacial score (nSPS) is 21.2. The quantitative estimate of drug-likeness (QED) is 0.876. The van der Waals surface area contributed by atoms with Crippen molar-refractivity contribution in [2.24, 2.45) is 0 Å². The van der Waals surface area contributed by atoms with E-state index in [4.69, 9.17) is 9.72 Å². The summed E-state index contributed by atoms with van der Waals surface area (Å²) in [7, 11) is 2.00.